The highest BCUT2D eigenvalue weighted by Gasteiger charge is 2.19. The summed E-state index contributed by atoms with van der Waals surface area (Å²) in [6, 6.07) is 3.43. The Hall–Kier alpha value is -1.40. The van der Waals surface area contributed by atoms with Crippen LogP contribution in [0.4, 0.5) is 5.69 Å². The molecule has 0 bridgehead atoms. The van der Waals surface area contributed by atoms with Crippen molar-refractivity contribution < 1.29 is 19.1 Å². The number of hydrogen-bond donors (Lipinski definition) is 1. The van der Waals surface area contributed by atoms with E-state index in [2.05, 4.69) is 5.32 Å². The van der Waals surface area contributed by atoms with Crippen molar-refractivity contribution in [2.24, 2.45) is 0 Å². The van der Waals surface area contributed by atoms with Crippen molar-refractivity contribution in [1.29, 1.82) is 0 Å². The fourth-order valence-corrected chi connectivity index (χ4v) is 3.32. The number of amides is 1. The molecule has 0 aliphatic heterocycles. The van der Waals surface area contributed by atoms with Crippen LogP contribution in [0.2, 0.25) is 5.02 Å². The SMILES string of the molecule is COc1cc(Cl)c(C)cc1NC(=O)CSCC(=O)OC1CCCC1. The molecular formula is C17H22ClNO4S. The lowest BCUT2D eigenvalue weighted by atomic mass is 10.2. The average molecular weight is 372 g/mol. The van der Waals surface area contributed by atoms with Gasteiger partial charge in [0, 0.05) is 11.1 Å². The van der Waals surface area contributed by atoms with Crippen LogP contribution in [0.25, 0.3) is 0 Å². The summed E-state index contributed by atoms with van der Waals surface area (Å²) >= 11 is 7.28. The number of methoxy groups -OCH3 is 1. The largest absolute Gasteiger partial charge is 0.495 e. The molecule has 0 heterocycles. The molecule has 1 aromatic rings. The summed E-state index contributed by atoms with van der Waals surface area (Å²) in [5.74, 6) is 0.406. The van der Waals surface area contributed by atoms with Gasteiger partial charge in [-0.2, -0.15) is 0 Å². The lowest BCUT2D eigenvalue weighted by Gasteiger charge is -2.13. The highest BCUT2D eigenvalue weighted by atomic mass is 35.5. The van der Waals surface area contributed by atoms with Gasteiger partial charge >= 0.3 is 5.97 Å². The van der Waals surface area contributed by atoms with Gasteiger partial charge in [-0.05, 0) is 44.2 Å². The first-order valence-corrected chi connectivity index (χ1v) is 9.44. The Morgan fingerprint density at radius 3 is 2.67 bits per heavy atom. The summed E-state index contributed by atoms with van der Waals surface area (Å²) in [6.07, 6.45) is 4.21. The standard InChI is InChI=1S/C17H22ClNO4S/c1-11-7-14(15(22-2)8-13(11)18)19-16(20)9-24-10-17(21)23-12-5-3-4-6-12/h7-8,12H,3-6,9-10H2,1-2H3,(H,19,20). The third kappa shape index (κ3) is 5.60. The van der Waals surface area contributed by atoms with Gasteiger partial charge in [0.15, 0.2) is 0 Å². The van der Waals surface area contributed by atoms with Crippen LogP contribution in [0.5, 0.6) is 5.75 Å². The number of hydrogen-bond acceptors (Lipinski definition) is 5. The Bertz CT molecular complexity index is 602. The molecule has 5 nitrogen and oxygen atoms in total. The molecule has 1 fully saturated rings. The van der Waals surface area contributed by atoms with Crippen molar-refractivity contribution in [3.8, 4) is 5.75 Å². The molecule has 0 atom stereocenters. The predicted molar refractivity (Wildman–Crippen MR) is 97.0 cm³/mol. The van der Waals surface area contributed by atoms with E-state index in [-0.39, 0.29) is 29.5 Å². The minimum atomic E-state index is -0.250. The average Bonchev–Trinajstić information content (AvgIpc) is 3.03. The van der Waals surface area contributed by atoms with Crippen LogP contribution >= 0.6 is 23.4 Å². The number of benzene rings is 1. The van der Waals surface area contributed by atoms with E-state index in [0.29, 0.717) is 16.5 Å². The van der Waals surface area contributed by atoms with Gasteiger partial charge in [-0.3, -0.25) is 9.59 Å². The Balaban J connectivity index is 1.77. The molecule has 0 aromatic heterocycles. The van der Waals surface area contributed by atoms with Crippen LogP contribution in [-0.2, 0) is 14.3 Å². The van der Waals surface area contributed by atoms with Gasteiger partial charge in [-0.25, -0.2) is 0 Å². The molecule has 132 valence electrons. The third-order valence-corrected chi connectivity index (χ3v) is 5.12. The van der Waals surface area contributed by atoms with E-state index in [1.165, 1.54) is 18.9 Å². The van der Waals surface area contributed by atoms with Crippen LogP contribution in [-0.4, -0.2) is 36.6 Å². The molecule has 7 heteroatoms. The van der Waals surface area contributed by atoms with Crippen LogP contribution < -0.4 is 10.1 Å². The molecule has 1 aliphatic carbocycles. The third-order valence-electron chi connectivity index (χ3n) is 3.81. The molecule has 0 saturated heterocycles. The van der Waals surface area contributed by atoms with Gasteiger partial charge < -0.3 is 14.8 Å². The van der Waals surface area contributed by atoms with E-state index in [1.807, 2.05) is 6.92 Å². The molecule has 0 radical (unpaired) electrons. The van der Waals surface area contributed by atoms with Gasteiger partial charge in [0.25, 0.3) is 0 Å². The number of nitrogens with one attached hydrogen (secondary N) is 1. The first kappa shape index (κ1) is 18.9. The number of carbonyl (C=O) groups excluding carboxylic acids is 2. The predicted octanol–water partition coefficient (Wildman–Crippen LogP) is 3.81. The van der Waals surface area contributed by atoms with Gasteiger partial charge in [-0.15, -0.1) is 11.8 Å². The number of anilines is 1. The van der Waals surface area contributed by atoms with Crippen LogP contribution in [0.1, 0.15) is 31.2 Å². The second-order valence-corrected chi connectivity index (χ2v) is 7.13. The van der Waals surface area contributed by atoms with Crippen molar-refractivity contribution in [2.75, 3.05) is 23.9 Å². The monoisotopic (exact) mass is 371 g/mol. The van der Waals surface area contributed by atoms with Crippen LogP contribution in [0.3, 0.4) is 0 Å². The summed E-state index contributed by atoms with van der Waals surface area (Å²) in [7, 11) is 1.52. The zero-order valence-corrected chi connectivity index (χ0v) is 15.5. The second kappa shape index (κ2) is 9.18. The number of halogens is 1. The molecule has 1 amide bonds. The second-order valence-electron chi connectivity index (χ2n) is 5.74. The Labute approximate surface area is 151 Å². The highest BCUT2D eigenvalue weighted by Crippen LogP contribution is 2.31. The zero-order chi connectivity index (χ0) is 17.5. The first-order chi connectivity index (χ1) is 11.5. The molecule has 1 saturated carbocycles. The van der Waals surface area contributed by atoms with Gasteiger partial charge in [0.1, 0.15) is 11.9 Å². The molecule has 1 N–H and O–H groups in total. The number of rotatable bonds is 7. The lowest BCUT2D eigenvalue weighted by molar-refractivity contribution is -0.145. The van der Waals surface area contributed by atoms with Crippen molar-refractivity contribution in [3.63, 3.8) is 0 Å². The Kier molecular flexibility index (Phi) is 7.24. The number of ether oxygens (including phenoxy) is 2. The maximum atomic E-state index is 12.0. The number of thioether (sulfide) groups is 1. The fourth-order valence-electron chi connectivity index (χ4n) is 2.57. The Morgan fingerprint density at radius 2 is 2.00 bits per heavy atom. The van der Waals surface area contributed by atoms with Gasteiger partial charge in [0.05, 0.1) is 24.3 Å². The van der Waals surface area contributed by atoms with Gasteiger partial charge in [-0.1, -0.05) is 11.6 Å². The van der Waals surface area contributed by atoms with Crippen molar-refractivity contribution in [1.82, 2.24) is 0 Å². The zero-order valence-electron chi connectivity index (χ0n) is 13.9. The molecule has 0 spiro atoms. The molecule has 24 heavy (non-hydrogen) atoms. The highest BCUT2D eigenvalue weighted by molar-refractivity contribution is 8.00. The van der Waals surface area contributed by atoms with E-state index in [1.54, 1.807) is 12.1 Å². The Morgan fingerprint density at radius 1 is 1.29 bits per heavy atom. The molecule has 2 rings (SSSR count). The van der Waals surface area contributed by atoms with E-state index >= 15 is 0 Å². The maximum Gasteiger partial charge on any atom is 0.316 e. The minimum absolute atomic E-state index is 0.0632. The van der Waals surface area contributed by atoms with Crippen LogP contribution in [0, 0.1) is 6.92 Å². The summed E-state index contributed by atoms with van der Waals surface area (Å²) in [5, 5.41) is 3.36. The summed E-state index contributed by atoms with van der Waals surface area (Å²) in [4.78, 5) is 23.7. The summed E-state index contributed by atoms with van der Waals surface area (Å²) in [5.41, 5.74) is 1.42. The van der Waals surface area contributed by atoms with Crippen molar-refractivity contribution in [3.05, 3.63) is 22.7 Å². The van der Waals surface area contributed by atoms with Gasteiger partial charge in [0.2, 0.25) is 5.91 Å². The first-order valence-electron chi connectivity index (χ1n) is 7.91. The van der Waals surface area contributed by atoms with E-state index < -0.39 is 0 Å². The lowest BCUT2D eigenvalue weighted by Crippen LogP contribution is -2.19. The number of aryl methyl sites for hydroxylation is 1. The van der Waals surface area contributed by atoms with E-state index in [4.69, 9.17) is 21.1 Å². The molecule has 1 aromatic carbocycles. The fraction of sp³-hybridized carbons (Fsp3) is 0.529. The van der Waals surface area contributed by atoms with Crippen molar-refractivity contribution in [2.45, 2.75) is 38.7 Å². The summed E-state index contributed by atoms with van der Waals surface area (Å²) < 4.78 is 10.6. The molecule has 1 aliphatic rings. The molecule has 0 unspecified atom stereocenters. The normalized spacial score (nSPS) is 14.5. The minimum Gasteiger partial charge on any atom is -0.495 e. The maximum absolute atomic E-state index is 12.0. The van der Waals surface area contributed by atoms with E-state index in [0.717, 1.165) is 31.2 Å². The summed E-state index contributed by atoms with van der Waals surface area (Å²) in [6.45, 7) is 1.85. The van der Waals surface area contributed by atoms with Crippen LogP contribution in [0.15, 0.2) is 12.1 Å². The number of esters is 1. The smallest absolute Gasteiger partial charge is 0.316 e. The van der Waals surface area contributed by atoms with Crippen molar-refractivity contribution >= 4 is 40.9 Å². The molecular weight excluding hydrogens is 350 g/mol. The topological polar surface area (TPSA) is 64.6 Å². The number of carbonyl (C=O) groups is 2. The quantitative estimate of drug-likeness (QED) is 0.738. The van der Waals surface area contributed by atoms with E-state index in [9.17, 15) is 9.59 Å².